The van der Waals surface area contributed by atoms with E-state index in [9.17, 15) is 4.79 Å². The lowest BCUT2D eigenvalue weighted by Gasteiger charge is -2.23. The molecule has 0 bridgehead atoms. The van der Waals surface area contributed by atoms with Gasteiger partial charge in [0.25, 0.3) is 0 Å². The number of aliphatic imine (C=N–C) groups is 1. The first-order valence-electron chi connectivity index (χ1n) is 7.92. The Balaban J connectivity index is 2.08. The van der Waals surface area contributed by atoms with Gasteiger partial charge < -0.3 is 15.1 Å². The van der Waals surface area contributed by atoms with Crippen LogP contribution >= 0.6 is 22.9 Å². The van der Waals surface area contributed by atoms with Crippen molar-refractivity contribution >= 4 is 34.8 Å². The number of hydrogen-bond donors (Lipinski definition) is 1. The van der Waals surface area contributed by atoms with Crippen LogP contribution in [-0.2, 0) is 17.9 Å². The van der Waals surface area contributed by atoms with E-state index in [4.69, 9.17) is 11.6 Å². The smallest absolute Gasteiger partial charge is 0.243 e. The van der Waals surface area contributed by atoms with Gasteiger partial charge in [-0.2, -0.15) is 0 Å². The molecular weight excluding hydrogens is 356 g/mol. The second kappa shape index (κ2) is 9.44. The monoisotopic (exact) mass is 378 g/mol. The maximum Gasteiger partial charge on any atom is 0.243 e. The van der Waals surface area contributed by atoms with Gasteiger partial charge in [0, 0.05) is 37.6 Å². The first-order valence-corrected chi connectivity index (χ1v) is 9.18. The summed E-state index contributed by atoms with van der Waals surface area (Å²) in [7, 11) is 5.40. The third kappa shape index (κ3) is 6.40. The molecule has 0 fully saturated rings. The highest BCUT2D eigenvalue weighted by atomic mass is 35.5. The normalized spacial score (nSPS) is 11.3. The highest BCUT2D eigenvalue weighted by Gasteiger charge is 2.10. The summed E-state index contributed by atoms with van der Waals surface area (Å²) in [6.07, 6.45) is 0. The predicted octanol–water partition coefficient (Wildman–Crippen LogP) is 3.07. The summed E-state index contributed by atoms with van der Waals surface area (Å²) in [5, 5.41) is 6.08. The lowest BCUT2D eigenvalue weighted by atomic mass is 10.2. The number of carbonyl (C=O) groups is 1. The molecule has 0 radical (unpaired) electrons. The Labute approximate surface area is 157 Å². The van der Waals surface area contributed by atoms with E-state index in [1.807, 2.05) is 47.7 Å². The van der Waals surface area contributed by atoms with Gasteiger partial charge in [-0.05, 0) is 29.1 Å². The Morgan fingerprint density at radius 3 is 2.68 bits per heavy atom. The average Bonchev–Trinajstić information content (AvgIpc) is 3.07. The fourth-order valence-electron chi connectivity index (χ4n) is 2.16. The van der Waals surface area contributed by atoms with Gasteiger partial charge >= 0.3 is 0 Å². The first-order chi connectivity index (χ1) is 12.0. The van der Waals surface area contributed by atoms with Crippen molar-refractivity contribution in [2.24, 2.45) is 4.99 Å². The van der Waals surface area contributed by atoms with Crippen molar-refractivity contribution in [3.8, 4) is 0 Å². The van der Waals surface area contributed by atoms with Crippen molar-refractivity contribution in [1.29, 1.82) is 0 Å². The number of likely N-dealkylation sites (N-methyl/N-ethyl adjacent to an activating group) is 1. The molecule has 134 valence electrons. The summed E-state index contributed by atoms with van der Waals surface area (Å²) < 4.78 is 0. The minimum atomic E-state index is -0.0356. The van der Waals surface area contributed by atoms with E-state index < -0.39 is 0 Å². The number of hydrogen-bond acceptors (Lipinski definition) is 3. The van der Waals surface area contributed by atoms with Gasteiger partial charge in [-0.1, -0.05) is 29.8 Å². The molecule has 0 aliphatic carbocycles. The predicted molar refractivity (Wildman–Crippen MR) is 105 cm³/mol. The lowest BCUT2D eigenvalue weighted by molar-refractivity contribution is -0.127. The zero-order valence-electron chi connectivity index (χ0n) is 14.7. The van der Waals surface area contributed by atoms with Gasteiger partial charge in [0.2, 0.25) is 5.91 Å². The number of benzene rings is 1. The number of amides is 1. The Morgan fingerprint density at radius 1 is 1.24 bits per heavy atom. The van der Waals surface area contributed by atoms with Crippen LogP contribution in [0.5, 0.6) is 0 Å². The molecule has 1 aromatic carbocycles. The molecule has 0 saturated heterocycles. The summed E-state index contributed by atoms with van der Waals surface area (Å²) in [6.45, 7) is 1.43. The van der Waals surface area contributed by atoms with E-state index in [1.54, 1.807) is 25.4 Å². The highest BCUT2D eigenvalue weighted by Crippen LogP contribution is 2.13. The van der Waals surface area contributed by atoms with E-state index >= 15 is 0 Å². The molecule has 0 aliphatic rings. The Hall–Kier alpha value is -2.05. The second-order valence-corrected chi connectivity index (χ2v) is 7.32. The minimum absolute atomic E-state index is 0.0356. The fraction of sp³-hybridized carbons (Fsp3) is 0.333. The molecule has 1 heterocycles. The van der Waals surface area contributed by atoms with Crippen LogP contribution in [-0.4, -0.2) is 49.4 Å². The van der Waals surface area contributed by atoms with Gasteiger partial charge in [0.15, 0.2) is 5.96 Å². The molecule has 1 amide bonds. The molecule has 0 atom stereocenters. The average molecular weight is 379 g/mol. The molecule has 0 unspecified atom stereocenters. The van der Waals surface area contributed by atoms with E-state index in [0.717, 1.165) is 5.56 Å². The summed E-state index contributed by atoms with van der Waals surface area (Å²) in [5.74, 6) is 0.648. The van der Waals surface area contributed by atoms with Crippen LogP contribution in [0.2, 0.25) is 5.02 Å². The number of carbonyl (C=O) groups excluding carboxylic acids is 1. The number of guanidine groups is 1. The third-order valence-corrected chi connectivity index (χ3v) is 4.65. The molecule has 25 heavy (non-hydrogen) atoms. The van der Waals surface area contributed by atoms with Crippen molar-refractivity contribution < 1.29 is 4.79 Å². The Morgan fingerprint density at radius 2 is 2.04 bits per heavy atom. The number of nitrogens with zero attached hydrogens (tertiary/aromatic N) is 3. The molecule has 7 heteroatoms. The summed E-state index contributed by atoms with van der Waals surface area (Å²) in [4.78, 5) is 21.1. The maximum absolute atomic E-state index is 11.9. The van der Waals surface area contributed by atoms with Gasteiger partial charge in [-0.15, -0.1) is 11.3 Å². The molecule has 5 nitrogen and oxygen atoms in total. The molecule has 0 aliphatic heterocycles. The number of rotatable bonds is 6. The maximum atomic E-state index is 11.9. The molecule has 0 saturated carbocycles. The van der Waals surface area contributed by atoms with Crippen LogP contribution in [0, 0.1) is 0 Å². The largest absolute Gasteiger partial charge is 0.351 e. The molecule has 0 spiro atoms. The second-order valence-electron chi connectivity index (χ2n) is 5.85. The molecule has 1 N–H and O–H groups in total. The standard InChI is InChI=1S/C18H23ClN4OS/c1-22(2)17(24)12-21-18(20-11-16-8-5-9-25-16)23(3)13-14-6-4-7-15(19)10-14/h4-10H,11-13H2,1-3H3,(H,20,21). The quantitative estimate of drug-likeness (QED) is 0.620. The van der Waals surface area contributed by atoms with Crippen LogP contribution in [0.3, 0.4) is 0 Å². The van der Waals surface area contributed by atoms with Gasteiger partial charge in [0.1, 0.15) is 6.54 Å². The number of thiophene rings is 1. The fourth-order valence-corrected chi connectivity index (χ4v) is 3.02. The highest BCUT2D eigenvalue weighted by molar-refractivity contribution is 7.09. The van der Waals surface area contributed by atoms with Gasteiger partial charge in [0.05, 0.1) is 6.54 Å². The lowest BCUT2D eigenvalue weighted by Crippen LogP contribution is -2.39. The van der Waals surface area contributed by atoms with E-state index in [0.29, 0.717) is 24.1 Å². The zero-order valence-corrected chi connectivity index (χ0v) is 16.3. The Bertz CT molecular complexity index is 716. The Kier molecular flexibility index (Phi) is 7.28. The minimum Gasteiger partial charge on any atom is -0.351 e. The summed E-state index contributed by atoms with van der Waals surface area (Å²) in [5.41, 5.74) is 1.08. The summed E-state index contributed by atoms with van der Waals surface area (Å²) >= 11 is 7.74. The van der Waals surface area contributed by atoms with E-state index in [-0.39, 0.29) is 12.5 Å². The third-order valence-electron chi connectivity index (χ3n) is 3.53. The van der Waals surface area contributed by atoms with E-state index in [1.165, 1.54) is 9.78 Å². The number of nitrogens with one attached hydrogen (secondary N) is 1. The van der Waals surface area contributed by atoms with Crippen molar-refractivity contribution in [2.75, 3.05) is 27.7 Å². The molecule has 2 rings (SSSR count). The van der Waals surface area contributed by atoms with Crippen molar-refractivity contribution in [3.63, 3.8) is 0 Å². The van der Waals surface area contributed by atoms with Crippen LogP contribution < -0.4 is 5.32 Å². The zero-order chi connectivity index (χ0) is 18.2. The van der Waals surface area contributed by atoms with Gasteiger partial charge in [-0.25, -0.2) is 4.99 Å². The van der Waals surface area contributed by atoms with Crippen molar-refractivity contribution in [3.05, 3.63) is 57.2 Å². The van der Waals surface area contributed by atoms with Crippen LogP contribution in [0.4, 0.5) is 0 Å². The van der Waals surface area contributed by atoms with Gasteiger partial charge in [-0.3, -0.25) is 4.79 Å². The van der Waals surface area contributed by atoms with Crippen LogP contribution in [0.15, 0.2) is 46.8 Å². The van der Waals surface area contributed by atoms with Crippen molar-refractivity contribution in [2.45, 2.75) is 13.1 Å². The first kappa shape index (κ1) is 19.3. The van der Waals surface area contributed by atoms with Crippen molar-refractivity contribution in [1.82, 2.24) is 15.1 Å². The number of halogens is 1. The molecule has 1 aromatic heterocycles. The van der Waals surface area contributed by atoms with Crippen LogP contribution in [0.25, 0.3) is 0 Å². The molecular formula is C18H23ClN4OS. The topological polar surface area (TPSA) is 47.9 Å². The SMILES string of the molecule is CN(C)C(=O)CN=C(NCc1cccs1)N(C)Cc1cccc(Cl)c1. The van der Waals surface area contributed by atoms with Crippen LogP contribution in [0.1, 0.15) is 10.4 Å². The summed E-state index contributed by atoms with van der Waals surface area (Å²) in [6, 6.07) is 11.8. The molecule has 2 aromatic rings. The van der Waals surface area contributed by atoms with E-state index in [2.05, 4.69) is 16.4 Å².